The van der Waals surface area contributed by atoms with Gasteiger partial charge >= 0.3 is 24.1 Å². The van der Waals surface area contributed by atoms with Crippen LogP contribution in [0.1, 0.15) is 120 Å². The van der Waals surface area contributed by atoms with Gasteiger partial charge in [0.1, 0.15) is 29.8 Å². The largest absolute Gasteiger partial charge is 0.480 e. The summed E-state index contributed by atoms with van der Waals surface area (Å²) in [6.45, 7) is 13.2. The van der Waals surface area contributed by atoms with Crippen LogP contribution >= 0.6 is 0 Å². The van der Waals surface area contributed by atoms with Gasteiger partial charge in [0.05, 0.1) is 6.04 Å². The van der Waals surface area contributed by atoms with Crippen molar-refractivity contribution in [3.8, 4) is 0 Å². The molecule has 1 aliphatic carbocycles. The van der Waals surface area contributed by atoms with E-state index in [-0.39, 0.29) is 38.3 Å². The van der Waals surface area contributed by atoms with Gasteiger partial charge in [-0.25, -0.2) is 14.4 Å². The van der Waals surface area contributed by atoms with E-state index in [9.17, 15) is 43.8 Å². The molecule has 0 aromatic heterocycles. The van der Waals surface area contributed by atoms with Crippen LogP contribution < -0.4 is 10.6 Å². The van der Waals surface area contributed by atoms with Crippen molar-refractivity contribution < 1.29 is 53.2 Å². The maximum atomic E-state index is 14.5. The first kappa shape index (κ1) is 42.3. The number of alkyl carbamates (subject to hydrolysis) is 1. The molecule has 0 spiro atoms. The number of ketones is 1. The van der Waals surface area contributed by atoms with Gasteiger partial charge in [-0.15, -0.1) is 0 Å². The van der Waals surface area contributed by atoms with Crippen LogP contribution in [0.25, 0.3) is 0 Å². The van der Waals surface area contributed by atoms with Crippen molar-refractivity contribution in [1.29, 1.82) is 0 Å². The summed E-state index contributed by atoms with van der Waals surface area (Å²) in [5, 5.41) is 24.5. The summed E-state index contributed by atoms with van der Waals surface area (Å²) >= 11 is 0. The standard InChI is InChI=1S/C35H58N4O11/c1-33(2,3)49-31(47)36-18-13-12-16-23(26(42)30(45)46)37-28(43)27-35(7,8)17-19-38(27)29(44)24(20-22-14-10-9-11-15-22)39(21-25(40)41)32(48)50-34(4,5)6/h22-24,27H,9-21H2,1-8H3,(H,36,47)(H,37,43)(H,40,41)(H,45,46)/t23-,24+,27+/m0/s1. The minimum atomic E-state index is -1.73. The van der Waals surface area contributed by atoms with E-state index in [0.717, 1.165) is 37.0 Å². The number of carbonyl (C=O) groups excluding carboxylic acids is 5. The first-order chi connectivity index (χ1) is 23.0. The molecule has 1 saturated carbocycles. The molecule has 15 nitrogen and oxygen atoms in total. The van der Waals surface area contributed by atoms with Crippen molar-refractivity contribution in [2.45, 2.75) is 149 Å². The fourth-order valence-corrected chi connectivity index (χ4v) is 6.54. The number of unbranched alkanes of at least 4 members (excludes halogenated alkanes) is 1. The number of hydrogen-bond donors (Lipinski definition) is 4. The molecule has 0 radical (unpaired) electrons. The lowest BCUT2D eigenvalue weighted by Gasteiger charge is -2.39. The Bertz CT molecular complexity index is 1250. The summed E-state index contributed by atoms with van der Waals surface area (Å²) in [6, 6.07) is -3.78. The molecule has 0 aromatic carbocycles. The van der Waals surface area contributed by atoms with Crippen LogP contribution in [-0.4, -0.2) is 111 Å². The second-order valence-electron chi connectivity index (χ2n) is 16.1. The predicted molar refractivity (Wildman–Crippen MR) is 182 cm³/mol. The quantitative estimate of drug-likeness (QED) is 0.140. The number of likely N-dealkylation sites (tertiary alicyclic amines) is 1. The number of ether oxygens (including phenoxy) is 2. The Morgan fingerprint density at radius 2 is 1.50 bits per heavy atom. The number of hydrogen-bond acceptors (Lipinski definition) is 9. The fraction of sp³-hybridized carbons (Fsp3) is 0.800. The fourth-order valence-electron chi connectivity index (χ4n) is 6.54. The zero-order valence-electron chi connectivity index (χ0n) is 31.0. The molecule has 284 valence electrons. The lowest BCUT2D eigenvalue weighted by Crippen LogP contribution is -2.60. The number of carbonyl (C=O) groups is 7. The van der Waals surface area contributed by atoms with Crippen molar-refractivity contribution in [1.82, 2.24) is 20.4 Å². The number of nitrogens with one attached hydrogen (secondary N) is 2. The van der Waals surface area contributed by atoms with Crippen molar-refractivity contribution in [2.24, 2.45) is 11.3 Å². The number of rotatable bonds is 15. The Labute approximate surface area is 295 Å². The van der Waals surface area contributed by atoms with Gasteiger partial charge in [0.15, 0.2) is 0 Å². The van der Waals surface area contributed by atoms with Gasteiger partial charge in [-0.3, -0.25) is 24.1 Å². The molecule has 0 aromatic rings. The number of nitrogens with zero attached hydrogens (tertiary/aromatic N) is 2. The Balaban J connectivity index is 2.34. The summed E-state index contributed by atoms with van der Waals surface area (Å²) in [5.41, 5.74) is -2.47. The van der Waals surface area contributed by atoms with Gasteiger partial charge in [-0.2, -0.15) is 0 Å². The zero-order valence-corrected chi connectivity index (χ0v) is 31.0. The molecule has 0 bridgehead atoms. The minimum Gasteiger partial charge on any atom is -0.480 e. The second kappa shape index (κ2) is 17.8. The molecule has 3 atom stereocenters. The first-order valence-electron chi connectivity index (χ1n) is 17.6. The number of amides is 4. The smallest absolute Gasteiger partial charge is 0.411 e. The maximum absolute atomic E-state index is 14.5. The number of Topliss-reactive ketones (excluding diaryl/α,β-unsaturated/α-hetero) is 1. The van der Waals surface area contributed by atoms with Crippen LogP contribution in [0.2, 0.25) is 0 Å². The Kier molecular flexibility index (Phi) is 15.1. The molecule has 2 aliphatic rings. The van der Waals surface area contributed by atoms with Gasteiger partial charge in [-0.05, 0) is 85.0 Å². The van der Waals surface area contributed by atoms with E-state index in [2.05, 4.69) is 10.6 Å². The molecule has 2 rings (SSSR count). The minimum absolute atomic E-state index is 0.0384. The van der Waals surface area contributed by atoms with Crippen LogP contribution in [0, 0.1) is 11.3 Å². The third kappa shape index (κ3) is 13.4. The number of aliphatic carboxylic acids is 2. The average Bonchev–Trinajstić information content (AvgIpc) is 3.30. The van der Waals surface area contributed by atoms with Crippen molar-refractivity contribution in [2.75, 3.05) is 19.6 Å². The maximum Gasteiger partial charge on any atom is 0.411 e. The van der Waals surface area contributed by atoms with Crippen LogP contribution in [0.3, 0.4) is 0 Å². The summed E-state index contributed by atoms with van der Waals surface area (Å²) in [7, 11) is 0. The Hall–Kier alpha value is -3.91. The number of carboxylic acid groups (broad SMARTS) is 2. The highest BCUT2D eigenvalue weighted by Crippen LogP contribution is 2.38. The van der Waals surface area contributed by atoms with E-state index in [1.165, 1.54) is 4.90 Å². The van der Waals surface area contributed by atoms with Gasteiger partial charge in [0.2, 0.25) is 11.8 Å². The summed E-state index contributed by atoms with van der Waals surface area (Å²) < 4.78 is 10.7. The number of carboxylic acids is 2. The molecule has 1 aliphatic heterocycles. The van der Waals surface area contributed by atoms with E-state index in [0.29, 0.717) is 12.8 Å². The average molecular weight is 711 g/mol. The van der Waals surface area contributed by atoms with Crippen LogP contribution in [0.4, 0.5) is 9.59 Å². The molecule has 2 fully saturated rings. The van der Waals surface area contributed by atoms with Gasteiger partial charge in [0.25, 0.3) is 5.78 Å². The predicted octanol–water partition coefficient (Wildman–Crippen LogP) is 4.11. The lowest BCUT2D eigenvalue weighted by atomic mass is 9.83. The molecule has 0 unspecified atom stereocenters. The molecule has 4 amide bonds. The highest BCUT2D eigenvalue weighted by molar-refractivity contribution is 6.35. The third-order valence-corrected chi connectivity index (χ3v) is 8.89. The van der Waals surface area contributed by atoms with Crippen LogP contribution in [0.15, 0.2) is 0 Å². The van der Waals surface area contributed by atoms with Gasteiger partial charge < -0.3 is 35.2 Å². The molecule has 1 saturated heterocycles. The Morgan fingerprint density at radius 1 is 0.900 bits per heavy atom. The summed E-state index contributed by atoms with van der Waals surface area (Å²) in [6.07, 6.45) is 4.13. The van der Waals surface area contributed by atoms with E-state index < -0.39 is 83.0 Å². The van der Waals surface area contributed by atoms with E-state index >= 15 is 0 Å². The van der Waals surface area contributed by atoms with Crippen molar-refractivity contribution >= 4 is 41.7 Å². The highest BCUT2D eigenvalue weighted by atomic mass is 16.6. The highest BCUT2D eigenvalue weighted by Gasteiger charge is 2.50. The summed E-state index contributed by atoms with van der Waals surface area (Å²) in [4.78, 5) is 92.6. The lowest BCUT2D eigenvalue weighted by molar-refractivity contribution is -0.151. The first-order valence-corrected chi connectivity index (χ1v) is 17.6. The normalized spacial score (nSPS) is 19.1. The van der Waals surface area contributed by atoms with Crippen molar-refractivity contribution in [3.05, 3.63) is 0 Å². The SMILES string of the molecule is CC(C)(C)OC(=O)NCCCC[C@H](NC(=O)[C@H]1N(C(=O)[C@@H](CC2CCCCC2)N(CC(=O)O)C(=O)OC(C)(C)C)CCC1(C)C)C(=O)C(=O)O. The monoisotopic (exact) mass is 710 g/mol. The topological polar surface area (TPSA) is 209 Å². The van der Waals surface area contributed by atoms with E-state index in [4.69, 9.17) is 9.47 Å². The molecule has 4 N–H and O–H groups in total. The van der Waals surface area contributed by atoms with Crippen LogP contribution in [-0.2, 0) is 33.4 Å². The van der Waals surface area contributed by atoms with E-state index in [1.54, 1.807) is 55.4 Å². The van der Waals surface area contributed by atoms with Gasteiger partial charge in [0, 0.05) is 13.1 Å². The molecular formula is C35H58N4O11. The molecule has 50 heavy (non-hydrogen) atoms. The van der Waals surface area contributed by atoms with E-state index in [1.807, 2.05) is 0 Å². The summed E-state index contributed by atoms with van der Waals surface area (Å²) in [5.74, 6) is -5.57. The Morgan fingerprint density at radius 3 is 2.04 bits per heavy atom. The van der Waals surface area contributed by atoms with Crippen molar-refractivity contribution in [3.63, 3.8) is 0 Å². The third-order valence-electron chi connectivity index (χ3n) is 8.89. The molecular weight excluding hydrogens is 652 g/mol. The molecule has 1 heterocycles. The van der Waals surface area contributed by atoms with Crippen LogP contribution in [0.5, 0.6) is 0 Å². The zero-order chi connectivity index (χ0) is 38.0. The van der Waals surface area contributed by atoms with Gasteiger partial charge in [-0.1, -0.05) is 46.0 Å². The second-order valence-corrected chi connectivity index (χ2v) is 16.1. The molecule has 15 heteroatoms.